The van der Waals surface area contributed by atoms with E-state index in [1.54, 1.807) is 0 Å². The topological polar surface area (TPSA) is 0 Å². The summed E-state index contributed by atoms with van der Waals surface area (Å²) in [6.07, 6.45) is 7.73. The molecule has 0 saturated heterocycles. The highest BCUT2D eigenvalue weighted by molar-refractivity contribution is 6.22. The van der Waals surface area contributed by atoms with Crippen LogP contribution in [0.5, 0.6) is 0 Å². The Morgan fingerprint density at radius 2 is 0.941 bits per heavy atom. The lowest BCUT2D eigenvalue weighted by Crippen LogP contribution is -2.05. The molecule has 0 amide bonds. The van der Waals surface area contributed by atoms with Gasteiger partial charge < -0.3 is 0 Å². The molecule has 1 heteroatoms. The van der Waals surface area contributed by atoms with Crippen molar-refractivity contribution in [2.24, 2.45) is 17.8 Å². The molecule has 0 unspecified atom stereocenters. The molecule has 0 aromatic carbocycles. The molecule has 0 aromatic rings. The van der Waals surface area contributed by atoms with E-state index in [1.165, 1.54) is 38.5 Å². The minimum atomic E-state index is -0.228. The van der Waals surface area contributed by atoms with Gasteiger partial charge in [-0.25, -0.2) is 0 Å². The van der Waals surface area contributed by atoms with Crippen LogP contribution in [0, 0.1) is 53.3 Å². The van der Waals surface area contributed by atoms with Crippen LogP contribution in [0.4, 0.5) is 0 Å². The van der Waals surface area contributed by atoms with Gasteiger partial charge in [-0.1, -0.05) is 35.5 Å². The van der Waals surface area contributed by atoms with E-state index < -0.39 is 0 Å². The summed E-state index contributed by atoms with van der Waals surface area (Å²) in [5.74, 6) is 22.2. The molecule has 0 nitrogen and oxygen atoms in total. The first kappa shape index (κ1) is 11.0. The molecular weight excluding hydrogens is 220 g/mol. The second-order valence-corrected chi connectivity index (χ2v) is 7.26. The zero-order valence-electron chi connectivity index (χ0n) is 10.5. The van der Waals surface area contributed by atoms with E-state index in [0.29, 0.717) is 17.8 Å². The SMILES string of the molecule is [SiH3]C(C#CC1CC1)(C#CC1CC1)C#CC1CC1. The summed E-state index contributed by atoms with van der Waals surface area (Å²) in [5.41, 5.74) is 0. The van der Waals surface area contributed by atoms with Gasteiger partial charge in [0.2, 0.25) is 0 Å². The van der Waals surface area contributed by atoms with Crippen molar-refractivity contribution >= 4 is 10.2 Å². The van der Waals surface area contributed by atoms with Crippen molar-refractivity contribution in [1.29, 1.82) is 0 Å². The van der Waals surface area contributed by atoms with Crippen molar-refractivity contribution in [3.63, 3.8) is 0 Å². The van der Waals surface area contributed by atoms with Gasteiger partial charge in [0, 0.05) is 17.8 Å². The Morgan fingerprint density at radius 3 is 1.18 bits per heavy atom. The van der Waals surface area contributed by atoms with Crippen molar-refractivity contribution in [3.8, 4) is 35.5 Å². The highest BCUT2D eigenvalue weighted by Gasteiger charge is 2.24. The Balaban J connectivity index is 1.76. The van der Waals surface area contributed by atoms with Gasteiger partial charge >= 0.3 is 0 Å². The summed E-state index contributed by atoms with van der Waals surface area (Å²) in [5, 5.41) is -0.228. The fourth-order valence-corrected chi connectivity index (χ4v) is 1.95. The first-order chi connectivity index (χ1) is 8.23. The molecular formula is C16H18Si. The normalized spacial score (nSPS) is 22.6. The van der Waals surface area contributed by atoms with Gasteiger partial charge in [-0.05, 0) is 38.5 Å². The van der Waals surface area contributed by atoms with Crippen molar-refractivity contribution in [2.75, 3.05) is 0 Å². The van der Waals surface area contributed by atoms with E-state index in [9.17, 15) is 0 Å². The van der Waals surface area contributed by atoms with Gasteiger partial charge in [-0.15, -0.1) is 0 Å². The summed E-state index contributed by atoms with van der Waals surface area (Å²) in [4.78, 5) is 0. The van der Waals surface area contributed by atoms with Crippen LogP contribution < -0.4 is 0 Å². The van der Waals surface area contributed by atoms with E-state index in [0.717, 1.165) is 10.2 Å². The largest absolute Gasteiger partial charge is 0.129 e. The van der Waals surface area contributed by atoms with Gasteiger partial charge in [-0.2, -0.15) is 0 Å². The summed E-state index contributed by atoms with van der Waals surface area (Å²) < 4.78 is 0. The lowest BCUT2D eigenvalue weighted by atomic mass is 10.1. The van der Waals surface area contributed by atoms with Crippen LogP contribution in [0.3, 0.4) is 0 Å². The van der Waals surface area contributed by atoms with Gasteiger partial charge in [-0.3, -0.25) is 0 Å². The minimum Gasteiger partial charge on any atom is -0.0976 e. The lowest BCUT2D eigenvalue weighted by molar-refractivity contribution is 1.13. The molecule has 0 heterocycles. The first-order valence-electron chi connectivity index (χ1n) is 6.82. The molecule has 86 valence electrons. The average molecular weight is 238 g/mol. The van der Waals surface area contributed by atoms with Gasteiger partial charge in [0.25, 0.3) is 0 Å². The third kappa shape index (κ3) is 3.69. The average Bonchev–Trinajstić information content (AvgIpc) is 3.17. The highest BCUT2D eigenvalue weighted by atomic mass is 28.1. The molecule has 0 N–H and O–H groups in total. The molecule has 0 atom stereocenters. The molecule has 3 rings (SSSR count). The summed E-state index contributed by atoms with van der Waals surface area (Å²) >= 11 is 0. The fourth-order valence-electron chi connectivity index (χ4n) is 1.52. The number of hydrogen-bond donors (Lipinski definition) is 0. The number of hydrogen-bond acceptors (Lipinski definition) is 0. The van der Waals surface area contributed by atoms with Crippen LogP contribution >= 0.6 is 0 Å². The Hall–Kier alpha value is -1.10. The predicted octanol–water partition coefficient (Wildman–Crippen LogP) is 1.75. The smallest absolute Gasteiger partial charge is 0.0976 e. The third-order valence-electron chi connectivity index (χ3n) is 3.31. The summed E-state index contributed by atoms with van der Waals surface area (Å²) in [6.45, 7) is 0. The van der Waals surface area contributed by atoms with E-state index in [2.05, 4.69) is 35.5 Å². The lowest BCUT2D eigenvalue weighted by Gasteiger charge is -2.07. The zero-order chi connectivity index (χ0) is 11.7. The second-order valence-electron chi connectivity index (χ2n) is 5.76. The minimum absolute atomic E-state index is 0.228. The molecule has 0 spiro atoms. The summed E-state index contributed by atoms with van der Waals surface area (Å²) in [7, 11) is 0.947. The monoisotopic (exact) mass is 238 g/mol. The van der Waals surface area contributed by atoms with Crippen LogP contribution in [0.2, 0.25) is 5.04 Å². The third-order valence-corrected chi connectivity index (χ3v) is 4.06. The molecule has 0 bridgehead atoms. The van der Waals surface area contributed by atoms with Crippen molar-refractivity contribution in [3.05, 3.63) is 0 Å². The molecule has 3 aliphatic carbocycles. The Labute approximate surface area is 107 Å². The molecule has 0 radical (unpaired) electrons. The number of rotatable bonds is 0. The molecule has 3 saturated carbocycles. The first-order valence-corrected chi connectivity index (χ1v) is 7.82. The van der Waals surface area contributed by atoms with Gasteiger partial charge in [0.1, 0.15) is 5.04 Å². The maximum Gasteiger partial charge on any atom is 0.129 e. The molecule has 0 aromatic heterocycles. The van der Waals surface area contributed by atoms with Crippen molar-refractivity contribution in [2.45, 2.75) is 43.6 Å². The van der Waals surface area contributed by atoms with E-state index in [1.807, 2.05) is 0 Å². The van der Waals surface area contributed by atoms with Crippen LogP contribution in [0.15, 0.2) is 0 Å². The van der Waals surface area contributed by atoms with Crippen LogP contribution in [0.25, 0.3) is 0 Å². The quantitative estimate of drug-likeness (QED) is 0.445. The van der Waals surface area contributed by atoms with Crippen LogP contribution in [-0.4, -0.2) is 10.2 Å². The van der Waals surface area contributed by atoms with Crippen LogP contribution in [-0.2, 0) is 0 Å². The van der Waals surface area contributed by atoms with Crippen molar-refractivity contribution in [1.82, 2.24) is 0 Å². The molecule has 17 heavy (non-hydrogen) atoms. The summed E-state index contributed by atoms with van der Waals surface area (Å²) in [6, 6.07) is 0. The van der Waals surface area contributed by atoms with Gasteiger partial charge in [0.05, 0.1) is 10.2 Å². The van der Waals surface area contributed by atoms with E-state index in [4.69, 9.17) is 0 Å². The Morgan fingerprint density at radius 1 is 0.647 bits per heavy atom. The maximum atomic E-state index is 3.39. The standard InChI is InChI=1S/C16H18Si/c17-16(10-7-13-1-2-13,11-8-14-3-4-14)12-9-15-5-6-15/h13-15H,1-6H2,17H3. The van der Waals surface area contributed by atoms with Gasteiger partial charge in [0.15, 0.2) is 0 Å². The van der Waals surface area contributed by atoms with Crippen molar-refractivity contribution < 1.29 is 0 Å². The van der Waals surface area contributed by atoms with E-state index in [-0.39, 0.29) is 5.04 Å². The zero-order valence-corrected chi connectivity index (χ0v) is 12.5. The Bertz CT molecular complexity index is 411. The molecule has 0 aliphatic heterocycles. The maximum absolute atomic E-state index is 3.39. The van der Waals surface area contributed by atoms with E-state index >= 15 is 0 Å². The van der Waals surface area contributed by atoms with Crippen LogP contribution in [0.1, 0.15) is 38.5 Å². The fraction of sp³-hybridized carbons (Fsp3) is 0.625. The highest BCUT2D eigenvalue weighted by Crippen LogP contribution is 2.32. The Kier molecular flexibility index (Phi) is 2.78. The second kappa shape index (κ2) is 4.29. The molecule has 3 aliphatic rings. The molecule has 3 fully saturated rings. The predicted molar refractivity (Wildman–Crippen MR) is 74.1 cm³/mol.